The lowest BCUT2D eigenvalue weighted by Gasteiger charge is -2.33. The number of hydrogen-bond donors (Lipinski definition) is 1. The number of piperidine rings is 1. The van der Waals surface area contributed by atoms with Gasteiger partial charge < -0.3 is 5.32 Å². The largest absolute Gasteiger partial charge is 0.352 e. The molecular weight excluding hydrogens is 400 g/mol. The lowest BCUT2D eigenvalue weighted by Crippen LogP contribution is -2.46. The molecule has 0 atom stereocenters. The topological polar surface area (TPSA) is 113 Å². The highest BCUT2D eigenvalue weighted by atomic mass is 16.6. The molecule has 2 aliphatic rings. The fourth-order valence-corrected chi connectivity index (χ4v) is 4.06. The molecule has 160 valence electrons. The Morgan fingerprint density at radius 3 is 2.42 bits per heavy atom. The third-order valence-corrected chi connectivity index (χ3v) is 5.78. The first-order valence-corrected chi connectivity index (χ1v) is 10.1. The van der Waals surface area contributed by atoms with Gasteiger partial charge in [0.2, 0.25) is 5.91 Å². The third kappa shape index (κ3) is 4.17. The maximum absolute atomic E-state index is 12.7. The molecule has 0 radical (unpaired) electrons. The van der Waals surface area contributed by atoms with Crippen LogP contribution in [0, 0.1) is 16.0 Å². The van der Waals surface area contributed by atoms with Gasteiger partial charge in [-0.1, -0.05) is 36.4 Å². The molecule has 1 fully saturated rings. The summed E-state index contributed by atoms with van der Waals surface area (Å²) in [5.41, 5.74) is 0.599. The van der Waals surface area contributed by atoms with Crippen molar-refractivity contribution in [1.29, 1.82) is 0 Å². The van der Waals surface area contributed by atoms with E-state index in [1.54, 1.807) is 0 Å². The third-order valence-electron chi connectivity index (χ3n) is 5.78. The number of carbonyl (C=O) groups is 3. The number of nitro groups is 1. The van der Waals surface area contributed by atoms with Crippen molar-refractivity contribution < 1.29 is 19.3 Å². The number of nitro benzene ring substituents is 1. The molecule has 31 heavy (non-hydrogen) atoms. The van der Waals surface area contributed by atoms with Gasteiger partial charge in [-0.2, -0.15) is 0 Å². The maximum atomic E-state index is 12.7. The molecule has 3 amide bonds. The maximum Gasteiger partial charge on any atom is 0.282 e. The van der Waals surface area contributed by atoms with Gasteiger partial charge in [0.25, 0.3) is 17.5 Å². The molecule has 2 aromatic rings. The summed E-state index contributed by atoms with van der Waals surface area (Å²) in [7, 11) is 0. The Balaban J connectivity index is 1.32. The summed E-state index contributed by atoms with van der Waals surface area (Å²) in [5, 5.41) is 14.2. The van der Waals surface area contributed by atoms with Crippen LogP contribution in [-0.2, 0) is 11.3 Å². The number of hydrogen-bond acceptors (Lipinski definition) is 6. The molecule has 0 aromatic heterocycles. The molecule has 9 heteroatoms. The summed E-state index contributed by atoms with van der Waals surface area (Å²) in [5.74, 6) is -1.29. The van der Waals surface area contributed by atoms with Gasteiger partial charge >= 0.3 is 0 Å². The van der Waals surface area contributed by atoms with E-state index in [1.807, 2.05) is 35.2 Å². The molecule has 2 heterocycles. The Bertz CT molecular complexity index is 1030. The Morgan fingerprint density at radius 2 is 1.74 bits per heavy atom. The second-order valence-electron chi connectivity index (χ2n) is 7.73. The van der Waals surface area contributed by atoms with Gasteiger partial charge in [0.15, 0.2) is 0 Å². The Morgan fingerprint density at radius 1 is 1.03 bits per heavy atom. The van der Waals surface area contributed by atoms with E-state index in [2.05, 4.69) is 5.32 Å². The number of amides is 3. The summed E-state index contributed by atoms with van der Waals surface area (Å²) in [6.45, 7) is 1.65. The van der Waals surface area contributed by atoms with Crippen LogP contribution in [0.2, 0.25) is 0 Å². The minimum absolute atomic E-state index is 0.000131. The number of nitrogens with zero attached hydrogens (tertiary/aromatic N) is 3. The van der Waals surface area contributed by atoms with Crippen LogP contribution >= 0.6 is 0 Å². The van der Waals surface area contributed by atoms with E-state index in [9.17, 15) is 24.5 Å². The van der Waals surface area contributed by atoms with Crippen LogP contribution in [0.25, 0.3) is 0 Å². The zero-order chi connectivity index (χ0) is 22.0. The number of imide groups is 1. The first-order valence-electron chi connectivity index (χ1n) is 10.1. The molecule has 4 rings (SSSR count). The average molecular weight is 422 g/mol. The minimum Gasteiger partial charge on any atom is -0.352 e. The predicted molar refractivity (Wildman–Crippen MR) is 111 cm³/mol. The van der Waals surface area contributed by atoms with E-state index in [4.69, 9.17) is 0 Å². The van der Waals surface area contributed by atoms with Gasteiger partial charge in [0.05, 0.1) is 17.2 Å². The summed E-state index contributed by atoms with van der Waals surface area (Å²) >= 11 is 0. The molecule has 2 aromatic carbocycles. The SMILES string of the molecule is O=C(NCc1ccccc1)C1CCN(CN2C(=O)c3cccc([N+](=O)[O-])c3C2=O)CC1. The van der Waals surface area contributed by atoms with Gasteiger partial charge in [-0.25, -0.2) is 0 Å². The van der Waals surface area contributed by atoms with Crippen LogP contribution in [0.15, 0.2) is 48.5 Å². The minimum atomic E-state index is -0.646. The van der Waals surface area contributed by atoms with Gasteiger partial charge in [0, 0.05) is 31.6 Å². The smallest absolute Gasteiger partial charge is 0.282 e. The highest BCUT2D eigenvalue weighted by molar-refractivity contribution is 6.23. The standard InChI is InChI=1S/C22H22N4O5/c27-20(23-13-15-5-2-1-3-6-15)16-9-11-24(12-10-16)14-25-21(28)17-7-4-8-18(26(30)31)19(17)22(25)29/h1-8,16H,9-14H2,(H,23,27). The van der Waals surface area contributed by atoms with E-state index in [0.29, 0.717) is 32.5 Å². The zero-order valence-corrected chi connectivity index (χ0v) is 16.8. The van der Waals surface area contributed by atoms with E-state index in [0.717, 1.165) is 10.5 Å². The second-order valence-corrected chi connectivity index (χ2v) is 7.73. The number of likely N-dealkylation sites (tertiary alicyclic amines) is 1. The van der Waals surface area contributed by atoms with Crippen molar-refractivity contribution in [3.8, 4) is 0 Å². The van der Waals surface area contributed by atoms with Crippen LogP contribution in [0.5, 0.6) is 0 Å². The van der Waals surface area contributed by atoms with Gasteiger partial charge in [-0.15, -0.1) is 0 Å². The van der Waals surface area contributed by atoms with Crippen molar-refractivity contribution in [1.82, 2.24) is 15.1 Å². The Labute approximate surface area is 178 Å². The van der Waals surface area contributed by atoms with Crippen LogP contribution < -0.4 is 5.32 Å². The summed E-state index contributed by atoms with van der Waals surface area (Å²) < 4.78 is 0. The number of carbonyl (C=O) groups excluding carboxylic acids is 3. The van der Waals surface area contributed by atoms with Crippen LogP contribution in [0.4, 0.5) is 5.69 Å². The monoisotopic (exact) mass is 422 g/mol. The molecule has 2 aliphatic heterocycles. The molecule has 0 unspecified atom stereocenters. The summed E-state index contributed by atoms with van der Waals surface area (Å²) in [6, 6.07) is 13.8. The number of nitrogens with one attached hydrogen (secondary N) is 1. The molecule has 9 nitrogen and oxygen atoms in total. The molecule has 0 aliphatic carbocycles. The van der Waals surface area contributed by atoms with Gasteiger partial charge in [-0.3, -0.25) is 34.3 Å². The van der Waals surface area contributed by atoms with Crippen LogP contribution in [0.3, 0.4) is 0 Å². The molecule has 0 spiro atoms. The number of rotatable bonds is 6. The normalized spacial score (nSPS) is 17.0. The Kier molecular flexibility index (Phi) is 5.77. The fourth-order valence-electron chi connectivity index (χ4n) is 4.06. The van der Waals surface area contributed by atoms with Crippen molar-refractivity contribution in [2.24, 2.45) is 5.92 Å². The van der Waals surface area contributed by atoms with E-state index < -0.39 is 16.7 Å². The van der Waals surface area contributed by atoms with Crippen molar-refractivity contribution in [2.75, 3.05) is 19.8 Å². The first-order chi connectivity index (χ1) is 15.0. The van der Waals surface area contributed by atoms with Crippen molar-refractivity contribution in [3.05, 3.63) is 75.3 Å². The second kappa shape index (κ2) is 8.65. The lowest BCUT2D eigenvalue weighted by molar-refractivity contribution is -0.385. The lowest BCUT2D eigenvalue weighted by atomic mass is 9.96. The Hall–Kier alpha value is -3.59. The zero-order valence-electron chi connectivity index (χ0n) is 16.8. The molecule has 0 saturated carbocycles. The molecule has 1 saturated heterocycles. The van der Waals surface area contributed by atoms with Gasteiger partial charge in [0.1, 0.15) is 5.56 Å². The highest BCUT2D eigenvalue weighted by Crippen LogP contribution is 2.31. The number of fused-ring (bicyclic) bond motifs is 1. The average Bonchev–Trinajstić information content (AvgIpc) is 3.03. The van der Waals surface area contributed by atoms with E-state index in [1.165, 1.54) is 18.2 Å². The quantitative estimate of drug-likeness (QED) is 0.434. The summed E-state index contributed by atoms with van der Waals surface area (Å²) in [4.78, 5) is 51.4. The summed E-state index contributed by atoms with van der Waals surface area (Å²) in [6.07, 6.45) is 1.23. The molecular formula is C22H22N4O5. The molecule has 1 N–H and O–H groups in total. The van der Waals surface area contributed by atoms with Crippen molar-refractivity contribution in [3.63, 3.8) is 0 Å². The first kappa shape index (κ1) is 20.7. The number of benzene rings is 2. The molecule has 0 bridgehead atoms. The van der Waals surface area contributed by atoms with E-state index in [-0.39, 0.29) is 35.3 Å². The van der Waals surface area contributed by atoms with Gasteiger partial charge in [-0.05, 0) is 24.5 Å². The van der Waals surface area contributed by atoms with Crippen LogP contribution in [0.1, 0.15) is 39.1 Å². The van der Waals surface area contributed by atoms with E-state index >= 15 is 0 Å². The highest BCUT2D eigenvalue weighted by Gasteiger charge is 2.41. The predicted octanol–water partition coefficient (Wildman–Crippen LogP) is 2.18. The van der Waals surface area contributed by atoms with Crippen LogP contribution in [-0.4, -0.2) is 52.2 Å². The van der Waals surface area contributed by atoms with Crippen molar-refractivity contribution in [2.45, 2.75) is 19.4 Å². The fraction of sp³-hybridized carbons (Fsp3) is 0.318. The van der Waals surface area contributed by atoms with Crippen molar-refractivity contribution >= 4 is 23.4 Å².